The van der Waals surface area contributed by atoms with Crippen molar-refractivity contribution in [1.82, 2.24) is 0 Å². The molecule has 0 aromatic heterocycles. The third kappa shape index (κ3) is 3.95. The average Bonchev–Trinajstić information content (AvgIpc) is 1.96. The van der Waals surface area contributed by atoms with Crippen molar-refractivity contribution in [2.24, 2.45) is 5.92 Å². The van der Waals surface area contributed by atoms with Gasteiger partial charge in [0.15, 0.2) is 0 Å². The second-order valence-electron chi connectivity index (χ2n) is 4.79. The zero-order valence-corrected chi connectivity index (χ0v) is 10.7. The van der Waals surface area contributed by atoms with Crippen molar-refractivity contribution in [3.8, 4) is 0 Å². The first-order chi connectivity index (χ1) is 5.80. The Kier molecular flexibility index (Phi) is 4.69. The van der Waals surface area contributed by atoms with Crippen LogP contribution in [0, 0.1) is 5.92 Å². The Hall–Kier alpha value is -0.303. The van der Waals surface area contributed by atoms with Gasteiger partial charge >= 0.3 is 0 Å². The molecule has 2 heteroatoms. The third-order valence-corrected chi connectivity index (χ3v) is 4.09. The van der Waals surface area contributed by atoms with Gasteiger partial charge in [-0.05, 0) is 24.1 Å². The lowest BCUT2D eigenvalue weighted by Crippen LogP contribution is -2.34. The Morgan fingerprint density at radius 2 is 1.77 bits per heavy atom. The van der Waals surface area contributed by atoms with Gasteiger partial charge in [0.25, 0.3) is 0 Å². The normalized spacial score (nSPS) is 13.8. The van der Waals surface area contributed by atoms with E-state index in [4.69, 9.17) is 0 Å². The van der Waals surface area contributed by atoms with Gasteiger partial charge < -0.3 is 5.11 Å². The van der Waals surface area contributed by atoms with E-state index in [0.29, 0.717) is 0 Å². The van der Waals surface area contributed by atoms with Gasteiger partial charge in [-0.2, -0.15) is 0 Å². The topological polar surface area (TPSA) is 20.2 Å². The van der Waals surface area contributed by atoms with Crippen LogP contribution in [0.25, 0.3) is 0 Å². The maximum atomic E-state index is 9.97. The molecule has 0 saturated heterocycles. The Balaban J connectivity index is 4.97. The largest absolute Gasteiger partial charge is 0.388 e. The molecule has 0 fully saturated rings. The quantitative estimate of drug-likeness (QED) is 0.546. The average molecular weight is 198 g/mol. The molecule has 1 nitrogen and oxygen atoms in total. The summed E-state index contributed by atoms with van der Waals surface area (Å²) in [4.78, 5) is 0. The molecule has 0 amide bonds. The smallest absolute Gasteiger partial charge is 0.0857 e. The first-order valence-electron chi connectivity index (χ1n) is 4.90. The predicted molar refractivity (Wildman–Crippen MR) is 61.5 cm³/mol. The van der Waals surface area contributed by atoms with Crippen molar-refractivity contribution >= 4 is 8.07 Å². The molecule has 13 heavy (non-hydrogen) atoms. The van der Waals surface area contributed by atoms with Crippen molar-refractivity contribution in [1.29, 1.82) is 0 Å². The summed E-state index contributed by atoms with van der Waals surface area (Å²) in [5, 5.41) is 11.1. The molecule has 0 bridgehead atoms. The molecule has 0 heterocycles. The summed E-state index contributed by atoms with van der Waals surface area (Å²) in [5.41, 5.74) is 3.21. The van der Waals surface area contributed by atoms with Gasteiger partial charge in [-0.15, -0.1) is 5.73 Å². The molecule has 0 saturated carbocycles. The maximum absolute atomic E-state index is 9.97. The highest BCUT2D eigenvalue weighted by Gasteiger charge is 2.27. The summed E-state index contributed by atoms with van der Waals surface area (Å²) >= 11 is 0. The minimum absolute atomic E-state index is 0.286. The number of rotatable bonds is 3. The van der Waals surface area contributed by atoms with Crippen LogP contribution in [0.15, 0.2) is 17.0 Å². The SMILES string of the molecule is CC=C=C([C@H](O)C(C)C)[Si](C)(C)C. The minimum atomic E-state index is -1.41. The molecule has 0 aromatic rings. The molecular weight excluding hydrogens is 176 g/mol. The molecule has 76 valence electrons. The molecule has 1 atom stereocenters. The van der Waals surface area contributed by atoms with Crippen LogP contribution >= 0.6 is 0 Å². The summed E-state index contributed by atoms with van der Waals surface area (Å²) in [7, 11) is -1.41. The first-order valence-corrected chi connectivity index (χ1v) is 8.40. The molecule has 0 rings (SSSR count). The Morgan fingerprint density at radius 3 is 2.00 bits per heavy atom. The summed E-state index contributed by atoms with van der Waals surface area (Å²) in [5.74, 6) is 0.286. The van der Waals surface area contributed by atoms with Crippen LogP contribution in [-0.4, -0.2) is 19.3 Å². The lowest BCUT2D eigenvalue weighted by Gasteiger charge is -2.26. The van der Waals surface area contributed by atoms with E-state index in [1.54, 1.807) is 0 Å². The Morgan fingerprint density at radius 1 is 1.31 bits per heavy atom. The van der Waals surface area contributed by atoms with E-state index in [0.717, 1.165) is 5.20 Å². The van der Waals surface area contributed by atoms with Crippen molar-refractivity contribution in [3.63, 3.8) is 0 Å². The van der Waals surface area contributed by atoms with E-state index in [2.05, 4.69) is 25.4 Å². The van der Waals surface area contributed by atoms with Gasteiger partial charge in [0, 0.05) is 0 Å². The zero-order chi connectivity index (χ0) is 10.6. The van der Waals surface area contributed by atoms with E-state index < -0.39 is 8.07 Å². The molecule has 1 N–H and O–H groups in total. The molecule has 0 aliphatic rings. The number of aliphatic hydroxyl groups excluding tert-OH is 1. The van der Waals surface area contributed by atoms with Crippen molar-refractivity contribution < 1.29 is 5.11 Å². The van der Waals surface area contributed by atoms with E-state index in [1.807, 2.05) is 26.8 Å². The standard InChI is InChI=1S/C11H22OSi/c1-7-8-10(13(4,5)6)11(12)9(2)3/h7,9,11-12H,1-6H3/t8?,11-/m1/s1. The van der Waals surface area contributed by atoms with Gasteiger partial charge in [0.2, 0.25) is 0 Å². The summed E-state index contributed by atoms with van der Waals surface area (Å²) in [6.45, 7) is 12.8. The maximum Gasteiger partial charge on any atom is 0.0857 e. The molecule has 0 unspecified atom stereocenters. The van der Waals surface area contributed by atoms with Gasteiger partial charge in [-0.1, -0.05) is 33.5 Å². The molecule has 0 radical (unpaired) electrons. The number of aliphatic hydroxyl groups is 1. The fourth-order valence-electron chi connectivity index (χ4n) is 1.23. The number of hydrogen-bond donors (Lipinski definition) is 1. The number of hydrogen-bond acceptors (Lipinski definition) is 1. The van der Waals surface area contributed by atoms with Crippen LogP contribution in [0.5, 0.6) is 0 Å². The summed E-state index contributed by atoms with van der Waals surface area (Å²) in [6.07, 6.45) is 1.59. The van der Waals surface area contributed by atoms with Crippen LogP contribution in [0.3, 0.4) is 0 Å². The van der Waals surface area contributed by atoms with E-state index in [9.17, 15) is 5.11 Å². The highest BCUT2D eigenvalue weighted by molar-refractivity contribution is 6.83. The third-order valence-electron chi connectivity index (χ3n) is 2.04. The second kappa shape index (κ2) is 4.80. The first kappa shape index (κ1) is 12.7. The fourth-order valence-corrected chi connectivity index (χ4v) is 3.03. The zero-order valence-electron chi connectivity index (χ0n) is 9.68. The monoisotopic (exact) mass is 198 g/mol. The highest BCUT2D eigenvalue weighted by Crippen LogP contribution is 2.21. The second-order valence-corrected chi connectivity index (χ2v) is 9.82. The highest BCUT2D eigenvalue weighted by atomic mass is 28.3. The van der Waals surface area contributed by atoms with Gasteiger partial charge in [-0.25, -0.2) is 0 Å². The minimum Gasteiger partial charge on any atom is -0.388 e. The van der Waals surface area contributed by atoms with Crippen LogP contribution in [0.1, 0.15) is 20.8 Å². The van der Waals surface area contributed by atoms with E-state index in [1.165, 1.54) is 0 Å². The lowest BCUT2D eigenvalue weighted by atomic mass is 10.1. The van der Waals surface area contributed by atoms with Crippen molar-refractivity contribution in [2.75, 3.05) is 0 Å². The van der Waals surface area contributed by atoms with E-state index in [-0.39, 0.29) is 12.0 Å². The van der Waals surface area contributed by atoms with Crippen LogP contribution in [-0.2, 0) is 0 Å². The molecule has 0 spiro atoms. The van der Waals surface area contributed by atoms with Gasteiger partial charge in [0.1, 0.15) is 0 Å². The molecule has 0 aromatic carbocycles. The van der Waals surface area contributed by atoms with Crippen molar-refractivity contribution in [3.05, 3.63) is 17.0 Å². The van der Waals surface area contributed by atoms with Crippen LogP contribution in [0.4, 0.5) is 0 Å². The molecular formula is C11H22OSi. The predicted octanol–water partition coefficient (Wildman–Crippen LogP) is 2.98. The van der Waals surface area contributed by atoms with E-state index >= 15 is 0 Å². The van der Waals surface area contributed by atoms with Gasteiger partial charge in [0.05, 0.1) is 14.2 Å². The van der Waals surface area contributed by atoms with Gasteiger partial charge in [-0.3, -0.25) is 0 Å². The van der Waals surface area contributed by atoms with Crippen LogP contribution in [0.2, 0.25) is 19.6 Å². The molecule has 0 aliphatic carbocycles. The molecule has 0 aliphatic heterocycles. The fraction of sp³-hybridized carbons (Fsp3) is 0.727. The van der Waals surface area contributed by atoms with Crippen LogP contribution < -0.4 is 0 Å². The Labute approximate surface area is 83.2 Å². The Bertz CT molecular complexity index is 217. The summed E-state index contributed by atoms with van der Waals surface area (Å²) in [6, 6.07) is 0. The van der Waals surface area contributed by atoms with Crippen molar-refractivity contribution in [2.45, 2.75) is 46.5 Å². The lowest BCUT2D eigenvalue weighted by molar-refractivity contribution is 0.166. The summed E-state index contributed by atoms with van der Waals surface area (Å²) < 4.78 is 0.